The van der Waals surface area contributed by atoms with E-state index in [4.69, 9.17) is 11.6 Å². The van der Waals surface area contributed by atoms with Crippen LogP contribution in [0.3, 0.4) is 0 Å². The highest BCUT2D eigenvalue weighted by Gasteiger charge is 2.21. The first-order chi connectivity index (χ1) is 7.44. The van der Waals surface area contributed by atoms with Crippen molar-refractivity contribution in [2.75, 3.05) is 13.1 Å². The fraction of sp³-hybridized carbons (Fsp3) is 0.500. The van der Waals surface area contributed by atoms with Crippen LogP contribution in [-0.2, 0) is 6.42 Å². The van der Waals surface area contributed by atoms with Crippen LogP contribution in [0.5, 0.6) is 0 Å². The van der Waals surface area contributed by atoms with Crippen LogP contribution in [0.4, 0.5) is 4.39 Å². The number of hydrogen-bond acceptors (Lipinski definition) is 2. The summed E-state index contributed by atoms with van der Waals surface area (Å²) in [6, 6.07) is 4.50. The van der Waals surface area contributed by atoms with Crippen molar-refractivity contribution in [3.8, 4) is 0 Å². The van der Waals surface area contributed by atoms with Gasteiger partial charge in [0.15, 0.2) is 0 Å². The van der Waals surface area contributed by atoms with E-state index in [2.05, 4.69) is 5.32 Å². The van der Waals surface area contributed by atoms with Gasteiger partial charge in [-0.05, 0) is 31.2 Å². The molecule has 2 N–H and O–H groups in total. The molecule has 1 unspecified atom stereocenters. The van der Waals surface area contributed by atoms with Gasteiger partial charge in [-0.2, -0.15) is 0 Å². The van der Waals surface area contributed by atoms with Crippen molar-refractivity contribution in [1.82, 2.24) is 5.32 Å². The molecule has 0 radical (unpaired) electrons. The van der Waals surface area contributed by atoms with Crippen molar-refractivity contribution in [2.45, 2.75) is 25.9 Å². The lowest BCUT2D eigenvalue weighted by Gasteiger charge is -2.23. The minimum absolute atomic E-state index is 0.267. The van der Waals surface area contributed by atoms with Crippen molar-refractivity contribution in [2.24, 2.45) is 0 Å². The number of halogens is 2. The number of aliphatic hydroxyl groups is 1. The predicted molar refractivity (Wildman–Crippen MR) is 64.3 cm³/mol. The highest BCUT2D eigenvalue weighted by Crippen LogP contribution is 2.19. The molecule has 2 nitrogen and oxygen atoms in total. The highest BCUT2D eigenvalue weighted by molar-refractivity contribution is 6.30. The van der Waals surface area contributed by atoms with Gasteiger partial charge < -0.3 is 10.4 Å². The summed E-state index contributed by atoms with van der Waals surface area (Å²) in [5.41, 5.74) is -0.475. The van der Waals surface area contributed by atoms with Crippen molar-refractivity contribution in [1.29, 1.82) is 0 Å². The topological polar surface area (TPSA) is 32.3 Å². The first kappa shape index (κ1) is 13.4. The van der Waals surface area contributed by atoms with E-state index in [0.29, 0.717) is 17.1 Å². The van der Waals surface area contributed by atoms with E-state index >= 15 is 0 Å². The molecule has 0 aromatic heterocycles. The molecule has 0 bridgehead atoms. The third-order valence-electron chi connectivity index (χ3n) is 2.34. The van der Waals surface area contributed by atoms with Crippen molar-refractivity contribution >= 4 is 11.6 Å². The summed E-state index contributed by atoms with van der Waals surface area (Å²) in [5, 5.41) is 13.4. The summed E-state index contributed by atoms with van der Waals surface area (Å²) in [6.07, 6.45) is 0.267. The van der Waals surface area contributed by atoms with E-state index in [1.54, 1.807) is 19.1 Å². The summed E-state index contributed by atoms with van der Waals surface area (Å²) in [5.74, 6) is -0.371. The van der Waals surface area contributed by atoms with Crippen molar-refractivity contribution < 1.29 is 9.50 Å². The van der Waals surface area contributed by atoms with Crippen LogP contribution in [-0.4, -0.2) is 23.8 Å². The van der Waals surface area contributed by atoms with E-state index in [0.717, 1.165) is 6.54 Å². The normalized spacial score (nSPS) is 14.8. The van der Waals surface area contributed by atoms with Crippen LogP contribution in [0, 0.1) is 5.82 Å². The standard InChI is InChI=1S/C12H17ClFNO/c1-3-15-8-12(2,16)7-9-4-5-10(13)6-11(9)14/h4-6,15-16H,3,7-8H2,1-2H3. The Balaban J connectivity index is 2.71. The fourth-order valence-corrected chi connectivity index (χ4v) is 1.69. The Morgan fingerprint density at radius 3 is 2.75 bits per heavy atom. The van der Waals surface area contributed by atoms with E-state index in [1.807, 2.05) is 6.92 Å². The summed E-state index contributed by atoms with van der Waals surface area (Å²) in [6.45, 7) is 4.85. The van der Waals surface area contributed by atoms with Gasteiger partial charge in [0.2, 0.25) is 0 Å². The Kier molecular flexibility index (Phi) is 4.71. The molecule has 90 valence electrons. The second-order valence-corrected chi connectivity index (χ2v) is 4.63. The third-order valence-corrected chi connectivity index (χ3v) is 2.58. The molecular weight excluding hydrogens is 229 g/mol. The Labute approximate surface area is 100 Å². The maximum absolute atomic E-state index is 13.5. The minimum atomic E-state index is -0.954. The summed E-state index contributed by atoms with van der Waals surface area (Å²) in [4.78, 5) is 0. The first-order valence-corrected chi connectivity index (χ1v) is 5.69. The lowest BCUT2D eigenvalue weighted by atomic mass is 9.96. The summed E-state index contributed by atoms with van der Waals surface area (Å²) < 4.78 is 13.5. The van der Waals surface area contributed by atoms with Crippen LogP contribution in [0.15, 0.2) is 18.2 Å². The van der Waals surface area contributed by atoms with Gasteiger partial charge in [-0.3, -0.25) is 0 Å². The highest BCUT2D eigenvalue weighted by atomic mass is 35.5. The number of benzene rings is 1. The van der Waals surface area contributed by atoms with Gasteiger partial charge >= 0.3 is 0 Å². The van der Waals surface area contributed by atoms with Gasteiger partial charge in [-0.1, -0.05) is 24.6 Å². The van der Waals surface area contributed by atoms with E-state index in [1.165, 1.54) is 6.07 Å². The quantitative estimate of drug-likeness (QED) is 0.835. The Hall–Kier alpha value is -0.640. The van der Waals surface area contributed by atoms with E-state index in [9.17, 15) is 9.50 Å². The molecule has 0 fully saturated rings. The van der Waals surface area contributed by atoms with Gasteiger partial charge in [0.05, 0.1) is 5.60 Å². The predicted octanol–water partition coefficient (Wildman–Crippen LogP) is 2.38. The minimum Gasteiger partial charge on any atom is -0.389 e. The molecule has 0 aliphatic rings. The second kappa shape index (κ2) is 5.62. The zero-order valence-electron chi connectivity index (χ0n) is 9.56. The molecule has 16 heavy (non-hydrogen) atoms. The molecule has 0 spiro atoms. The van der Waals surface area contributed by atoms with Gasteiger partial charge in [-0.15, -0.1) is 0 Å². The smallest absolute Gasteiger partial charge is 0.127 e. The maximum atomic E-state index is 13.5. The van der Waals surface area contributed by atoms with Gasteiger partial charge in [0, 0.05) is 18.0 Å². The van der Waals surface area contributed by atoms with Crippen LogP contribution in [0.25, 0.3) is 0 Å². The van der Waals surface area contributed by atoms with Crippen molar-refractivity contribution in [3.05, 3.63) is 34.6 Å². The van der Waals surface area contributed by atoms with Crippen LogP contribution in [0.2, 0.25) is 5.02 Å². The Morgan fingerprint density at radius 1 is 1.50 bits per heavy atom. The Bertz CT molecular complexity index is 355. The lowest BCUT2D eigenvalue weighted by molar-refractivity contribution is 0.0598. The number of nitrogens with one attached hydrogen (secondary N) is 1. The molecular formula is C12H17ClFNO. The van der Waals surface area contributed by atoms with E-state index in [-0.39, 0.29) is 12.2 Å². The van der Waals surface area contributed by atoms with Crippen LogP contribution in [0.1, 0.15) is 19.4 Å². The first-order valence-electron chi connectivity index (χ1n) is 5.31. The molecule has 1 atom stereocenters. The summed E-state index contributed by atoms with van der Waals surface area (Å²) in [7, 11) is 0. The average molecular weight is 246 g/mol. The largest absolute Gasteiger partial charge is 0.389 e. The molecule has 0 heterocycles. The zero-order valence-corrected chi connectivity index (χ0v) is 10.3. The number of likely N-dealkylation sites (N-methyl/N-ethyl adjacent to an activating group) is 1. The Morgan fingerprint density at radius 2 is 2.19 bits per heavy atom. The monoisotopic (exact) mass is 245 g/mol. The average Bonchev–Trinajstić information content (AvgIpc) is 2.19. The van der Waals surface area contributed by atoms with Gasteiger partial charge in [0.1, 0.15) is 5.82 Å². The lowest BCUT2D eigenvalue weighted by Crippen LogP contribution is -2.39. The SMILES string of the molecule is CCNCC(C)(O)Cc1ccc(Cl)cc1F. The molecule has 1 aromatic carbocycles. The number of rotatable bonds is 5. The molecule has 0 aliphatic heterocycles. The van der Waals surface area contributed by atoms with Gasteiger partial charge in [-0.25, -0.2) is 4.39 Å². The maximum Gasteiger partial charge on any atom is 0.127 e. The number of hydrogen-bond donors (Lipinski definition) is 2. The molecule has 4 heteroatoms. The molecule has 0 amide bonds. The van der Waals surface area contributed by atoms with E-state index < -0.39 is 5.60 Å². The fourth-order valence-electron chi connectivity index (χ4n) is 1.53. The molecule has 0 saturated carbocycles. The molecule has 0 saturated heterocycles. The summed E-state index contributed by atoms with van der Waals surface area (Å²) >= 11 is 5.66. The van der Waals surface area contributed by atoms with Gasteiger partial charge in [0.25, 0.3) is 0 Å². The molecule has 0 aliphatic carbocycles. The third kappa shape index (κ3) is 4.08. The molecule has 1 rings (SSSR count). The second-order valence-electron chi connectivity index (χ2n) is 4.19. The van der Waals surface area contributed by atoms with Crippen molar-refractivity contribution in [3.63, 3.8) is 0 Å². The van der Waals surface area contributed by atoms with Crippen LogP contribution >= 0.6 is 11.6 Å². The van der Waals surface area contributed by atoms with Crippen LogP contribution < -0.4 is 5.32 Å². The zero-order chi connectivity index (χ0) is 12.2. The molecule has 1 aromatic rings.